The minimum Gasteiger partial charge on any atom is -0.477 e. The molecule has 0 bridgehead atoms. The second-order valence-electron chi connectivity index (χ2n) is 5.35. The maximum atomic E-state index is 11.3. The summed E-state index contributed by atoms with van der Waals surface area (Å²) in [6.45, 7) is 0.726. The van der Waals surface area contributed by atoms with Crippen LogP contribution in [0.25, 0.3) is 10.9 Å². The first-order valence-electron chi connectivity index (χ1n) is 7.08. The summed E-state index contributed by atoms with van der Waals surface area (Å²) in [6.07, 6.45) is 0.732. The van der Waals surface area contributed by atoms with Crippen molar-refractivity contribution < 1.29 is 19.4 Å². The SMILES string of the molecule is NCCc1c(C(=O)O)[nH]c2ccc(C[C@H]3COC(=O)N3)cc12. The molecule has 22 heavy (non-hydrogen) atoms. The molecule has 0 saturated carbocycles. The summed E-state index contributed by atoms with van der Waals surface area (Å²) in [7, 11) is 0. The van der Waals surface area contributed by atoms with E-state index in [-0.39, 0.29) is 11.7 Å². The Hall–Kier alpha value is -2.54. The third-order valence-electron chi connectivity index (χ3n) is 3.80. The highest BCUT2D eigenvalue weighted by Crippen LogP contribution is 2.25. The van der Waals surface area contributed by atoms with Crippen LogP contribution in [0.4, 0.5) is 4.79 Å². The van der Waals surface area contributed by atoms with Gasteiger partial charge in [0.1, 0.15) is 12.3 Å². The lowest BCUT2D eigenvalue weighted by Gasteiger charge is -2.08. The molecule has 1 aromatic carbocycles. The van der Waals surface area contributed by atoms with Crippen molar-refractivity contribution in [2.75, 3.05) is 13.2 Å². The maximum Gasteiger partial charge on any atom is 0.407 e. The van der Waals surface area contributed by atoms with Crippen LogP contribution in [0.2, 0.25) is 0 Å². The Bertz CT molecular complexity index is 738. The Morgan fingerprint density at radius 3 is 2.91 bits per heavy atom. The van der Waals surface area contributed by atoms with Crippen LogP contribution in [0.15, 0.2) is 18.2 Å². The molecule has 1 aromatic heterocycles. The van der Waals surface area contributed by atoms with E-state index in [4.69, 9.17) is 10.5 Å². The summed E-state index contributed by atoms with van der Waals surface area (Å²) < 4.78 is 4.87. The summed E-state index contributed by atoms with van der Waals surface area (Å²) in [5.41, 5.74) is 8.29. The zero-order chi connectivity index (χ0) is 15.7. The number of nitrogens with one attached hydrogen (secondary N) is 2. The van der Waals surface area contributed by atoms with Gasteiger partial charge in [-0.15, -0.1) is 0 Å². The van der Waals surface area contributed by atoms with E-state index in [1.165, 1.54) is 0 Å². The number of carboxylic acids is 1. The highest BCUT2D eigenvalue weighted by molar-refractivity contribution is 5.97. The number of aromatic amines is 1. The van der Waals surface area contributed by atoms with Crippen molar-refractivity contribution in [2.45, 2.75) is 18.9 Å². The van der Waals surface area contributed by atoms with Crippen molar-refractivity contribution >= 4 is 23.0 Å². The van der Waals surface area contributed by atoms with Crippen LogP contribution in [0.3, 0.4) is 0 Å². The summed E-state index contributed by atoms with van der Waals surface area (Å²) >= 11 is 0. The monoisotopic (exact) mass is 303 g/mol. The van der Waals surface area contributed by atoms with E-state index in [1.807, 2.05) is 18.2 Å². The number of hydrogen-bond donors (Lipinski definition) is 4. The minimum absolute atomic E-state index is 0.0548. The molecule has 7 heteroatoms. The van der Waals surface area contributed by atoms with Crippen molar-refractivity contribution in [3.63, 3.8) is 0 Å². The van der Waals surface area contributed by atoms with Crippen LogP contribution in [0.1, 0.15) is 21.6 Å². The lowest BCUT2D eigenvalue weighted by Crippen LogP contribution is -2.28. The molecule has 3 rings (SSSR count). The van der Waals surface area contributed by atoms with Crippen molar-refractivity contribution in [1.29, 1.82) is 0 Å². The fraction of sp³-hybridized carbons (Fsp3) is 0.333. The first-order valence-corrected chi connectivity index (χ1v) is 7.08. The fourth-order valence-electron chi connectivity index (χ4n) is 2.83. The molecule has 1 amide bonds. The lowest BCUT2D eigenvalue weighted by atomic mass is 10.0. The molecule has 2 aromatic rings. The molecular weight excluding hydrogens is 286 g/mol. The van der Waals surface area contributed by atoms with Gasteiger partial charge < -0.3 is 25.9 Å². The smallest absolute Gasteiger partial charge is 0.407 e. The number of fused-ring (bicyclic) bond motifs is 1. The van der Waals surface area contributed by atoms with E-state index < -0.39 is 12.1 Å². The van der Waals surface area contributed by atoms with E-state index in [1.54, 1.807) is 0 Å². The number of hydrogen-bond acceptors (Lipinski definition) is 4. The molecule has 5 N–H and O–H groups in total. The third kappa shape index (κ3) is 2.62. The van der Waals surface area contributed by atoms with Gasteiger partial charge in [0.2, 0.25) is 0 Å². The zero-order valence-electron chi connectivity index (χ0n) is 11.9. The van der Waals surface area contributed by atoms with Crippen LogP contribution in [-0.2, 0) is 17.6 Å². The van der Waals surface area contributed by atoms with Crippen molar-refractivity contribution in [1.82, 2.24) is 10.3 Å². The van der Waals surface area contributed by atoms with Crippen LogP contribution < -0.4 is 11.1 Å². The van der Waals surface area contributed by atoms with Crippen molar-refractivity contribution in [2.24, 2.45) is 5.73 Å². The van der Waals surface area contributed by atoms with E-state index in [0.29, 0.717) is 26.0 Å². The molecule has 0 unspecified atom stereocenters. The fourth-order valence-corrected chi connectivity index (χ4v) is 2.83. The number of benzene rings is 1. The number of alkyl carbamates (subject to hydrolysis) is 1. The van der Waals surface area contributed by atoms with Gasteiger partial charge >= 0.3 is 12.1 Å². The molecule has 1 aliphatic rings. The number of carbonyl (C=O) groups is 2. The minimum atomic E-state index is -0.988. The number of nitrogens with two attached hydrogens (primary N) is 1. The molecule has 116 valence electrons. The lowest BCUT2D eigenvalue weighted by molar-refractivity contribution is 0.0690. The van der Waals surface area contributed by atoms with Gasteiger partial charge in [0.25, 0.3) is 0 Å². The average molecular weight is 303 g/mol. The molecular formula is C15H17N3O4. The van der Waals surface area contributed by atoms with Gasteiger partial charge in [-0.1, -0.05) is 6.07 Å². The van der Waals surface area contributed by atoms with Crippen LogP contribution >= 0.6 is 0 Å². The van der Waals surface area contributed by atoms with Gasteiger partial charge in [-0.2, -0.15) is 0 Å². The largest absolute Gasteiger partial charge is 0.477 e. The van der Waals surface area contributed by atoms with Gasteiger partial charge in [-0.3, -0.25) is 0 Å². The zero-order valence-corrected chi connectivity index (χ0v) is 11.9. The van der Waals surface area contributed by atoms with Crippen LogP contribution in [-0.4, -0.2) is 41.3 Å². The Labute approximate surface area is 126 Å². The summed E-state index contributed by atoms with van der Waals surface area (Å²) in [5, 5.41) is 12.9. The second-order valence-corrected chi connectivity index (χ2v) is 5.35. The van der Waals surface area contributed by atoms with Gasteiger partial charge in [-0.25, -0.2) is 9.59 Å². The molecule has 1 aliphatic heterocycles. The van der Waals surface area contributed by atoms with Gasteiger partial charge in [0.15, 0.2) is 0 Å². The van der Waals surface area contributed by atoms with Gasteiger partial charge in [-0.05, 0) is 42.6 Å². The predicted octanol–water partition coefficient (Wildman–Crippen LogP) is 1.02. The predicted molar refractivity (Wildman–Crippen MR) is 80.0 cm³/mol. The van der Waals surface area contributed by atoms with Crippen LogP contribution in [0.5, 0.6) is 0 Å². The Balaban J connectivity index is 1.95. The second kappa shape index (κ2) is 5.69. The highest BCUT2D eigenvalue weighted by Gasteiger charge is 2.23. The molecule has 1 fully saturated rings. The van der Waals surface area contributed by atoms with E-state index in [2.05, 4.69) is 10.3 Å². The number of aromatic carboxylic acids is 1. The van der Waals surface area contributed by atoms with Crippen molar-refractivity contribution in [3.8, 4) is 0 Å². The van der Waals surface area contributed by atoms with E-state index in [9.17, 15) is 14.7 Å². The maximum absolute atomic E-state index is 11.3. The van der Waals surface area contributed by atoms with E-state index in [0.717, 1.165) is 22.0 Å². The van der Waals surface area contributed by atoms with Gasteiger partial charge in [0, 0.05) is 10.9 Å². The number of amides is 1. The Morgan fingerprint density at radius 1 is 1.45 bits per heavy atom. The highest BCUT2D eigenvalue weighted by atomic mass is 16.6. The molecule has 0 radical (unpaired) electrons. The summed E-state index contributed by atoms with van der Waals surface area (Å²) in [6, 6.07) is 5.67. The third-order valence-corrected chi connectivity index (χ3v) is 3.80. The molecule has 2 heterocycles. The Morgan fingerprint density at radius 2 is 2.27 bits per heavy atom. The van der Waals surface area contributed by atoms with Crippen molar-refractivity contribution in [3.05, 3.63) is 35.0 Å². The normalized spacial score (nSPS) is 17.5. The molecule has 1 atom stereocenters. The standard InChI is InChI=1S/C15H17N3O4/c16-4-3-10-11-6-8(5-9-7-22-15(21)17-9)1-2-12(11)18-13(10)14(19)20/h1-2,6,9,18H,3-5,7,16H2,(H,17,21)(H,19,20)/t9-/m0/s1. The average Bonchev–Trinajstić information content (AvgIpc) is 3.04. The van der Waals surface area contributed by atoms with Gasteiger partial charge in [0.05, 0.1) is 6.04 Å². The number of cyclic esters (lactones) is 1. The van der Waals surface area contributed by atoms with Crippen LogP contribution in [0, 0.1) is 0 Å². The number of ether oxygens (including phenoxy) is 1. The topological polar surface area (TPSA) is 117 Å². The van der Waals surface area contributed by atoms with E-state index >= 15 is 0 Å². The summed E-state index contributed by atoms with van der Waals surface area (Å²) in [4.78, 5) is 25.3. The summed E-state index contributed by atoms with van der Waals surface area (Å²) in [5.74, 6) is -0.988. The Kier molecular flexibility index (Phi) is 3.72. The molecule has 1 saturated heterocycles. The molecule has 0 spiro atoms. The number of carboxylic acid groups (broad SMARTS) is 1. The number of carbonyl (C=O) groups excluding carboxylic acids is 1. The number of H-pyrrole nitrogens is 1. The first-order chi connectivity index (χ1) is 10.6. The quantitative estimate of drug-likeness (QED) is 0.658. The number of aromatic nitrogens is 1. The first kappa shape index (κ1) is 14.4. The number of rotatable bonds is 5. The molecule has 7 nitrogen and oxygen atoms in total. The molecule has 0 aliphatic carbocycles.